The Kier molecular flexibility index (Phi) is 6.56. The molecule has 0 saturated heterocycles. The number of rotatable bonds is 8. The highest BCUT2D eigenvalue weighted by atomic mass is 79.9. The molecule has 0 atom stereocenters. The van der Waals surface area contributed by atoms with Crippen molar-refractivity contribution in [1.82, 2.24) is 9.78 Å². The number of fused-ring (bicyclic) bond motifs is 1. The van der Waals surface area contributed by atoms with Crippen LogP contribution in [0.4, 0.5) is 0 Å². The van der Waals surface area contributed by atoms with Gasteiger partial charge in [-0.3, -0.25) is 9.48 Å². The summed E-state index contributed by atoms with van der Waals surface area (Å²) in [7, 11) is 1.65. The van der Waals surface area contributed by atoms with Gasteiger partial charge in [-0.15, -0.1) is 0 Å². The molecule has 0 fully saturated rings. The molecule has 160 valence electrons. The number of ether oxygens (including phenoxy) is 2. The van der Waals surface area contributed by atoms with Gasteiger partial charge in [0.15, 0.2) is 0 Å². The van der Waals surface area contributed by atoms with E-state index < -0.39 is 0 Å². The Morgan fingerprint density at radius 3 is 2.84 bits per heavy atom. The second-order valence-electron chi connectivity index (χ2n) is 7.50. The number of carbonyl (C=O) groups is 1. The van der Waals surface area contributed by atoms with E-state index in [2.05, 4.69) is 33.2 Å². The van der Waals surface area contributed by atoms with E-state index in [0.29, 0.717) is 23.3 Å². The number of halogens is 1. The van der Waals surface area contributed by atoms with Crippen LogP contribution in [0.25, 0.3) is 6.08 Å². The molecule has 31 heavy (non-hydrogen) atoms. The first-order valence-electron chi connectivity index (χ1n) is 10.4. The van der Waals surface area contributed by atoms with Gasteiger partial charge in [0.2, 0.25) is 5.78 Å². The third-order valence-corrected chi connectivity index (χ3v) is 6.10. The van der Waals surface area contributed by atoms with Crippen molar-refractivity contribution < 1.29 is 14.3 Å². The minimum absolute atomic E-state index is 0.0991. The van der Waals surface area contributed by atoms with E-state index in [1.807, 2.05) is 31.2 Å². The summed E-state index contributed by atoms with van der Waals surface area (Å²) in [6, 6.07) is 12.2. The number of benzene rings is 2. The maximum absolute atomic E-state index is 12.7. The zero-order valence-electron chi connectivity index (χ0n) is 17.7. The fourth-order valence-electron chi connectivity index (χ4n) is 3.91. The highest BCUT2D eigenvalue weighted by molar-refractivity contribution is 9.10. The second kappa shape index (κ2) is 9.52. The smallest absolute Gasteiger partial charge is 0.205 e. The number of carbonyl (C=O) groups excluding carboxylic acids is 1. The maximum atomic E-state index is 12.7. The first-order valence-corrected chi connectivity index (χ1v) is 11.2. The number of aryl methyl sites for hydroxylation is 3. The van der Waals surface area contributed by atoms with Crippen LogP contribution in [-0.4, -0.2) is 22.7 Å². The predicted octanol–water partition coefficient (Wildman–Crippen LogP) is 5.64. The van der Waals surface area contributed by atoms with Gasteiger partial charge in [0, 0.05) is 12.1 Å². The van der Waals surface area contributed by atoms with Gasteiger partial charge in [-0.25, -0.2) is 0 Å². The summed E-state index contributed by atoms with van der Waals surface area (Å²) in [6.07, 6.45) is 8.52. The molecule has 0 spiro atoms. The average molecular weight is 481 g/mol. The molecular formula is C25H25BrN2O3. The highest BCUT2D eigenvalue weighted by Gasteiger charge is 2.14. The van der Waals surface area contributed by atoms with Crippen LogP contribution >= 0.6 is 15.9 Å². The van der Waals surface area contributed by atoms with E-state index in [4.69, 9.17) is 9.47 Å². The van der Waals surface area contributed by atoms with E-state index >= 15 is 0 Å². The van der Waals surface area contributed by atoms with Gasteiger partial charge in [0.1, 0.15) is 23.8 Å². The number of hydrogen-bond donors (Lipinski definition) is 0. The van der Waals surface area contributed by atoms with Crippen molar-refractivity contribution >= 4 is 27.8 Å². The first-order chi connectivity index (χ1) is 15.1. The average Bonchev–Trinajstić information content (AvgIpc) is 3.41. The summed E-state index contributed by atoms with van der Waals surface area (Å²) in [5, 5.41) is 4.20. The molecule has 0 unspecified atom stereocenters. The van der Waals surface area contributed by atoms with Crippen molar-refractivity contribution in [3.8, 4) is 11.5 Å². The summed E-state index contributed by atoms with van der Waals surface area (Å²) in [4.78, 5) is 12.7. The Bertz CT molecular complexity index is 1130. The molecule has 1 aliphatic carbocycles. The Labute approximate surface area is 190 Å². The zero-order valence-corrected chi connectivity index (χ0v) is 19.3. The van der Waals surface area contributed by atoms with Crippen LogP contribution in [0.15, 0.2) is 53.1 Å². The molecule has 0 radical (unpaired) electrons. The minimum Gasteiger partial charge on any atom is -0.496 e. The van der Waals surface area contributed by atoms with E-state index in [1.54, 1.807) is 30.1 Å². The Balaban J connectivity index is 1.50. The molecular weight excluding hydrogens is 456 g/mol. The molecule has 1 aliphatic rings. The number of hydrogen-bond acceptors (Lipinski definition) is 4. The molecule has 1 aromatic heterocycles. The van der Waals surface area contributed by atoms with E-state index in [9.17, 15) is 4.79 Å². The molecule has 0 amide bonds. The van der Waals surface area contributed by atoms with Crippen LogP contribution in [0.3, 0.4) is 0 Å². The Morgan fingerprint density at radius 2 is 2.03 bits per heavy atom. The molecule has 0 aliphatic heterocycles. The Hall–Kier alpha value is -2.86. The highest BCUT2D eigenvalue weighted by Crippen LogP contribution is 2.28. The lowest BCUT2D eigenvalue weighted by atomic mass is 10.1. The largest absolute Gasteiger partial charge is 0.496 e. The standard InChI is InChI=1S/C25H25BrN2O3/c1-3-28-25(22(26)15-27-28)23(29)11-7-17-8-12-24(30-2)20(13-17)16-31-21-10-9-18-5-4-6-19(18)14-21/h7-15H,3-6,16H2,1-2H3/b11-7+. The van der Waals surface area contributed by atoms with Gasteiger partial charge in [0.25, 0.3) is 0 Å². The number of nitrogens with zero attached hydrogens (tertiary/aromatic N) is 2. The summed E-state index contributed by atoms with van der Waals surface area (Å²) in [6.45, 7) is 2.98. The molecule has 0 bridgehead atoms. The molecule has 0 saturated carbocycles. The van der Waals surface area contributed by atoms with Gasteiger partial charge < -0.3 is 9.47 Å². The monoisotopic (exact) mass is 480 g/mol. The van der Waals surface area contributed by atoms with Crippen molar-refractivity contribution in [3.05, 3.63) is 81.1 Å². The predicted molar refractivity (Wildman–Crippen MR) is 125 cm³/mol. The van der Waals surface area contributed by atoms with Crippen LogP contribution < -0.4 is 9.47 Å². The van der Waals surface area contributed by atoms with Crippen molar-refractivity contribution in [2.75, 3.05) is 7.11 Å². The van der Waals surface area contributed by atoms with Crippen LogP contribution in [0.5, 0.6) is 11.5 Å². The Morgan fingerprint density at radius 1 is 1.19 bits per heavy atom. The molecule has 6 heteroatoms. The lowest BCUT2D eigenvalue weighted by molar-refractivity contribution is 0.103. The SMILES string of the molecule is CCn1ncc(Br)c1C(=O)/C=C/c1ccc(OC)c(COc2ccc3c(c2)CCC3)c1. The van der Waals surface area contributed by atoms with Gasteiger partial charge in [-0.05, 0) is 89.1 Å². The fraction of sp³-hybridized carbons (Fsp3) is 0.280. The molecule has 4 rings (SSSR count). The quantitative estimate of drug-likeness (QED) is 0.309. The molecule has 2 aromatic carbocycles. The fourth-order valence-corrected chi connectivity index (χ4v) is 4.40. The normalized spacial score (nSPS) is 12.9. The van der Waals surface area contributed by atoms with Gasteiger partial charge in [-0.1, -0.05) is 18.2 Å². The maximum Gasteiger partial charge on any atom is 0.205 e. The molecule has 1 heterocycles. The number of ketones is 1. The summed E-state index contributed by atoms with van der Waals surface area (Å²) in [5.41, 5.74) is 5.19. The summed E-state index contributed by atoms with van der Waals surface area (Å²) < 4.78 is 13.9. The van der Waals surface area contributed by atoms with Crippen molar-refractivity contribution in [3.63, 3.8) is 0 Å². The van der Waals surface area contributed by atoms with Crippen molar-refractivity contribution in [1.29, 1.82) is 0 Å². The number of methoxy groups -OCH3 is 1. The minimum atomic E-state index is -0.0991. The van der Waals surface area contributed by atoms with Gasteiger partial charge in [-0.2, -0.15) is 5.10 Å². The van der Waals surface area contributed by atoms with Crippen LogP contribution in [-0.2, 0) is 26.0 Å². The topological polar surface area (TPSA) is 53.4 Å². The van der Waals surface area contributed by atoms with Crippen LogP contribution in [0.2, 0.25) is 0 Å². The van der Waals surface area contributed by atoms with E-state index in [0.717, 1.165) is 35.5 Å². The molecule has 0 N–H and O–H groups in total. The van der Waals surface area contributed by atoms with Crippen molar-refractivity contribution in [2.24, 2.45) is 0 Å². The zero-order chi connectivity index (χ0) is 21.8. The lowest BCUT2D eigenvalue weighted by Gasteiger charge is -2.12. The van der Waals surface area contributed by atoms with Gasteiger partial charge in [0.05, 0.1) is 17.8 Å². The number of aromatic nitrogens is 2. The summed E-state index contributed by atoms with van der Waals surface area (Å²) >= 11 is 3.41. The molecule has 5 nitrogen and oxygen atoms in total. The second-order valence-corrected chi connectivity index (χ2v) is 8.35. The third-order valence-electron chi connectivity index (χ3n) is 5.52. The van der Waals surface area contributed by atoms with Crippen LogP contribution in [0.1, 0.15) is 46.1 Å². The van der Waals surface area contributed by atoms with E-state index in [-0.39, 0.29) is 5.78 Å². The first kappa shape index (κ1) is 21.4. The third kappa shape index (κ3) is 4.74. The number of allylic oxidation sites excluding steroid dienone is 1. The van der Waals surface area contributed by atoms with Gasteiger partial charge >= 0.3 is 0 Å². The van der Waals surface area contributed by atoms with Crippen LogP contribution in [0, 0.1) is 0 Å². The summed E-state index contributed by atoms with van der Waals surface area (Å²) in [5.74, 6) is 1.53. The van der Waals surface area contributed by atoms with E-state index in [1.165, 1.54) is 17.5 Å². The molecule has 3 aromatic rings. The van der Waals surface area contributed by atoms with Crippen molar-refractivity contribution in [2.45, 2.75) is 39.3 Å². The lowest BCUT2D eigenvalue weighted by Crippen LogP contribution is -2.07.